The van der Waals surface area contributed by atoms with Crippen molar-refractivity contribution in [2.75, 3.05) is 23.9 Å². The van der Waals surface area contributed by atoms with Crippen LogP contribution in [0.3, 0.4) is 0 Å². The Hall–Kier alpha value is -3.19. The van der Waals surface area contributed by atoms with Gasteiger partial charge in [-0.15, -0.1) is 11.3 Å². The maximum atomic E-state index is 13.7. The number of benzene rings is 2. The number of hydrogen-bond donors (Lipinski definition) is 1. The molecular weight excluding hydrogens is 427 g/mol. The molecule has 0 radical (unpaired) electrons. The third kappa shape index (κ3) is 4.25. The number of rotatable bonds is 5. The van der Waals surface area contributed by atoms with Crippen LogP contribution in [0.2, 0.25) is 0 Å². The summed E-state index contributed by atoms with van der Waals surface area (Å²) in [6, 6.07) is 14.4. The van der Waals surface area contributed by atoms with E-state index in [0.29, 0.717) is 10.6 Å². The van der Waals surface area contributed by atoms with Crippen LogP contribution in [-0.2, 0) is 16.0 Å². The van der Waals surface area contributed by atoms with Gasteiger partial charge in [-0.3, -0.25) is 4.79 Å². The van der Waals surface area contributed by atoms with Gasteiger partial charge in [-0.25, -0.2) is 9.18 Å². The van der Waals surface area contributed by atoms with Crippen molar-refractivity contribution in [3.05, 3.63) is 70.4 Å². The van der Waals surface area contributed by atoms with Crippen LogP contribution in [0.15, 0.2) is 48.5 Å². The molecule has 4 rings (SSSR count). The van der Waals surface area contributed by atoms with Gasteiger partial charge in [0.05, 0.1) is 13.7 Å². The summed E-state index contributed by atoms with van der Waals surface area (Å²) in [5, 5.41) is 3.40. The maximum Gasteiger partial charge on any atom is 0.341 e. The van der Waals surface area contributed by atoms with Gasteiger partial charge in [-0.05, 0) is 56.0 Å². The molecule has 1 unspecified atom stereocenters. The summed E-state index contributed by atoms with van der Waals surface area (Å²) in [5.74, 6) is -0.997. The Morgan fingerprint density at radius 2 is 1.97 bits per heavy atom. The highest BCUT2D eigenvalue weighted by Crippen LogP contribution is 2.40. The van der Waals surface area contributed by atoms with Crippen LogP contribution in [0, 0.1) is 12.7 Å². The standard InChI is InChI=1S/C25H25FN2O3S/c1-15-9-10-18-13-19(26)11-12-20(18)28(15)14-21(29)27-24-23(25(30)31-3)22(16(2)32-24)17-7-5-4-6-8-17/h4-8,11-13,15H,9-10,14H2,1-3H3,(H,27,29). The Kier molecular flexibility index (Phi) is 6.28. The van der Waals surface area contributed by atoms with Crippen molar-refractivity contribution in [3.8, 4) is 11.1 Å². The molecule has 0 fully saturated rings. The summed E-state index contributed by atoms with van der Waals surface area (Å²) in [5.41, 5.74) is 3.81. The first kappa shape index (κ1) is 22.0. The van der Waals surface area contributed by atoms with Gasteiger partial charge in [0.2, 0.25) is 5.91 Å². The summed E-state index contributed by atoms with van der Waals surface area (Å²) >= 11 is 1.36. The van der Waals surface area contributed by atoms with Gasteiger partial charge >= 0.3 is 5.97 Å². The van der Waals surface area contributed by atoms with E-state index in [9.17, 15) is 14.0 Å². The zero-order chi connectivity index (χ0) is 22.8. The van der Waals surface area contributed by atoms with Crippen molar-refractivity contribution >= 4 is 33.9 Å². The quantitative estimate of drug-likeness (QED) is 0.525. The number of halogens is 1. The summed E-state index contributed by atoms with van der Waals surface area (Å²) in [6.07, 6.45) is 1.62. The lowest BCUT2D eigenvalue weighted by Gasteiger charge is -2.36. The van der Waals surface area contributed by atoms with Gasteiger partial charge in [0.25, 0.3) is 0 Å². The highest BCUT2D eigenvalue weighted by atomic mass is 32.1. The minimum absolute atomic E-state index is 0.109. The van der Waals surface area contributed by atoms with E-state index >= 15 is 0 Å². The molecule has 1 aliphatic rings. The van der Waals surface area contributed by atoms with E-state index in [1.165, 1.54) is 30.6 Å². The van der Waals surface area contributed by atoms with Crippen molar-refractivity contribution in [3.63, 3.8) is 0 Å². The molecule has 1 amide bonds. The van der Waals surface area contributed by atoms with Gasteiger partial charge in [0.15, 0.2) is 0 Å². The number of fused-ring (bicyclic) bond motifs is 1. The fourth-order valence-corrected chi connectivity index (χ4v) is 5.32. The number of ether oxygens (including phenoxy) is 1. The Bertz CT molecular complexity index is 1160. The highest BCUT2D eigenvalue weighted by molar-refractivity contribution is 7.17. The van der Waals surface area contributed by atoms with Crippen molar-refractivity contribution in [2.24, 2.45) is 0 Å². The Labute approximate surface area is 190 Å². The number of anilines is 2. The van der Waals surface area contributed by atoms with E-state index in [0.717, 1.165) is 40.1 Å². The second kappa shape index (κ2) is 9.12. The molecule has 0 saturated heterocycles. The molecule has 0 spiro atoms. The summed E-state index contributed by atoms with van der Waals surface area (Å²) < 4.78 is 18.7. The molecule has 1 aliphatic heterocycles. The lowest BCUT2D eigenvalue weighted by Crippen LogP contribution is -2.42. The second-order valence-corrected chi connectivity index (χ2v) is 9.16. The van der Waals surface area contributed by atoms with Crippen LogP contribution in [-0.4, -0.2) is 31.6 Å². The monoisotopic (exact) mass is 452 g/mol. The number of nitrogens with one attached hydrogen (secondary N) is 1. The number of nitrogens with zero attached hydrogens (tertiary/aromatic N) is 1. The number of amides is 1. The molecule has 0 saturated carbocycles. The number of carbonyl (C=O) groups excluding carboxylic acids is 2. The van der Waals surface area contributed by atoms with E-state index in [4.69, 9.17) is 4.74 Å². The molecule has 32 heavy (non-hydrogen) atoms. The minimum Gasteiger partial charge on any atom is -0.465 e. The van der Waals surface area contributed by atoms with Crippen LogP contribution < -0.4 is 10.2 Å². The van der Waals surface area contributed by atoms with E-state index in [-0.39, 0.29) is 24.3 Å². The van der Waals surface area contributed by atoms with E-state index < -0.39 is 5.97 Å². The lowest BCUT2D eigenvalue weighted by atomic mass is 9.96. The van der Waals surface area contributed by atoms with Gasteiger partial charge in [-0.2, -0.15) is 0 Å². The SMILES string of the molecule is COC(=O)c1c(NC(=O)CN2c3ccc(F)cc3CCC2C)sc(C)c1-c1ccccc1. The van der Waals surface area contributed by atoms with Crippen LogP contribution in [0.25, 0.3) is 11.1 Å². The summed E-state index contributed by atoms with van der Waals surface area (Å²) in [6.45, 7) is 4.09. The topological polar surface area (TPSA) is 58.6 Å². The molecule has 2 aromatic carbocycles. The lowest BCUT2D eigenvalue weighted by molar-refractivity contribution is -0.115. The predicted octanol–water partition coefficient (Wildman–Crippen LogP) is 5.43. The van der Waals surface area contributed by atoms with Crippen LogP contribution in [0.4, 0.5) is 15.1 Å². The molecule has 0 aliphatic carbocycles. The van der Waals surface area contributed by atoms with Gasteiger partial charge in [0, 0.05) is 22.2 Å². The number of esters is 1. The fourth-order valence-electron chi connectivity index (χ4n) is 4.24. The number of aryl methyl sites for hydroxylation is 2. The molecule has 0 bridgehead atoms. The van der Waals surface area contributed by atoms with E-state index in [1.54, 1.807) is 6.07 Å². The molecule has 1 aromatic heterocycles. The van der Waals surface area contributed by atoms with Gasteiger partial charge < -0.3 is 15.0 Å². The predicted molar refractivity (Wildman–Crippen MR) is 126 cm³/mol. The highest BCUT2D eigenvalue weighted by Gasteiger charge is 2.28. The second-order valence-electron chi connectivity index (χ2n) is 7.93. The molecule has 1 atom stereocenters. The van der Waals surface area contributed by atoms with Crippen LogP contribution in [0.5, 0.6) is 0 Å². The third-order valence-electron chi connectivity index (χ3n) is 5.82. The molecule has 3 aromatic rings. The molecule has 166 valence electrons. The normalized spacial score (nSPS) is 15.2. The van der Waals surface area contributed by atoms with Crippen molar-refractivity contribution in [2.45, 2.75) is 32.7 Å². The Morgan fingerprint density at radius 3 is 2.69 bits per heavy atom. The Morgan fingerprint density at radius 1 is 1.22 bits per heavy atom. The number of hydrogen-bond acceptors (Lipinski definition) is 5. The molecule has 1 N–H and O–H groups in total. The molecular formula is C25H25FN2O3S. The first-order valence-corrected chi connectivity index (χ1v) is 11.3. The number of carbonyl (C=O) groups is 2. The number of thiophene rings is 1. The largest absolute Gasteiger partial charge is 0.465 e. The average molecular weight is 453 g/mol. The van der Waals surface area contributed by atoms with Gasteiger partial charge in [-0.1, -0.05) is 30.3 Å². The van der Waals surface area contributed by atoms with Crippen LogP contribution >= 0.6 is 11.3 Å². The van der Waals surface area contributed by atoms with E-state index in [2.05, 4.69) is 12.2 Å². The number of methoxy groups -OCH3 is 1. The fraction of sp³-hybridized carbons (Fsp3) is 0.280. The molecule has 7 heteroatoms. The summed E-state index contributed by atoms with van der Waals surface area (Å²) in [7, 11) is 1.33. The summed E-state index contributed by atoms with van der Waals surface area (Å²) in [4.78, 5) is 28.6. The first-order valence-electron chi connectivity index (χ1n) is 10.5. The Balaban J connectivity index is 1.63. The van der Waals surface area contributed by atoms with Crippen molar-refractivity contribution < 1.29 is 18.7 Å². The van der Waals surface area contributed by atoms with E-state index in [1.807, 2.05) is 42.2 Å². The zero-order valence-electron chi connectivity index (χ0n) is 18.3. The third-order valence-corrected chi connectivity index (χ3v) is 6.84. The maximum absolute atomic E-state index is 13.7. The van der Waals surface area contributed by atoms with Crippen molar-refractivity contribution in [1.82, 2.24) is 0 Å². The minimum atomic E-state index is -0.490. The first-order chi connectivity index (χ1) is 15.4. The average Bonchev–Trinajstić information content (AvgIpc) is 3.11. The molecule has 5 nitrogen and oxygen atoms in total. The smallest absolute Gasteiger partial charge is 0.341 e. The molecule has 2 heterocycles. The van der Waals surface area contributed by atoms with Crippen molar-refractivity contribution in [1.29, 1.82) is 0 Å². The zero-order valence-corrected chi connectivity index (χ0v) is 19.1. The van der Waals surface area contributed by atoms with Crippen LogP contribution in [0.1, 0.15) is 34.1 Å². The van der Waals surface area contributed by atoms with Gasteiger partial charge in [0.1, 0.15) is 16.4 Å².